The van der Waals surface area contributed by atoms with Crippen LogP contribution in [0.25, 0.3) is 0 Å². The van der Waals surface area contributed by atoms with Crippen molar-refractivity contribution in [2.45, 2.75) is 79.2 Å². The summed E-state index contributed by atoms with van der Waals surface area (Å²) in [6.07, 6.45) is 3.34. The Morgan fingerprint density at radius 3 is 2.39 bits per heavy atom. The first kappa shape index (κ1) is 29.9. The summed E-state index contributed by atoms with van der Waals surface area (Å²) in [5, 5.41) is 1.03. The number of benzene rings is 1. The molecular weight excluding hydrogens is 533 g/mol. The maximum atomic E-state index is 13.4. The number of hydrogen-bond acceptors (Lipinski definition) is 8. The van der Waals surface area contributed by atoms with Crippen LogP contribution in [0.1, 0.15) is 59.2 Å². The van der Waals surface area contributed by atoms with Gasteiger partial charge in [0.05, 0.1) is 11.7 Å². The molecule has 0 aliphatic carbocycles. The number of halogens is 2. The smallest absolute Gasteiger partial charge is 0.326 e. The van der Waals surface area contributed by atoms with Crippen LogP contribution in [-0.4, -0.2) is 57.5 Å². The molecule has 3 rings (SSSR count). The molecule has 1 unspecified atom stereocenters. The number of hydrogen-bond donors (Lipinski definition) is 0. The molecule has 0 amide bonds. The van der Waals surface area contributed by atoms with Crippen molar-refractivity contribution in [3.63, 3.8) is 0 Å². The van der Waals surface area contributed by atoms with Gasteiger partial charge in [-0.15, -0.1) is 0 Å². The van der Waals surface area contributed by atoms with E-state index in [0.29, 0.717) is 23.0 Å². The second-order valence-electron chi connectivity index (χ2n) is 10.9. The fraction of sp³-hybridized carbons (Fsp3) is 0.556. The van der Waals surface area contributed by atoms with E-state index in [1.54, 1.807) is 63.3 Å². The summed E-state index contributed by atoms with van der Waals surface area (Å²) in [5.74, 6) is -1.33. The van der Waals surface area contributed by atoms with Crippen LogP contribution in [0.3, 0.4) is 0 Å². The molecule has 2 heterocycles. The topological polar surface area (TPSA) is 100.0 Å². The zero-order chi connectivity index (χ0) is 28.2. The highest BCUT2D eigenvalue weighted by Crippen LogP contribution is 2.29. The summed E-state index contributed by atoms with van der Waals surface area (Å²) in [7, 11) is 0. The molecule has 0 radical (unpaired) electrons. The quantitative estimate of drug-likeness (QED) is 0.296. The maximum Gasteiger partial charge on any atom is 0.326 e. The summed E-state index contributed by atoms with van der Waals surface area (Å²) in [4.78, 5) is 44.3. The van der Waals surface area contributed by atoms with Crippen molar-refractivity contribution < 1.29 is 28.6 Å². The summed E-state index contributed by atoms with van der Waals surface area (Å²) in [6.45, 7) is 10.7. The van der Waals surface area contributed by atoms with Crippen LogP contribution in [0.15, 0.2) is 30.7 Å². The van der Waals surface area contributed by atoms with Crippen LogP contribution in [0.5, 0.6) is 0 Å². The number of cyclic esters (lactones) is 1. The molecule has 0 bridgehead atoms. The van der Waals surface area contributed by atoms with Crippen molar-refractivity contribution in [3.05, 3.63) is 52.0 Å². The number of rotatable bonds is 10. The molecule has 1 aromatic carbocycles. The van der Waals surface area contributed by atoms with Gasteiger partial charge < -0.3 is 18.8 Å². The average molecular weight is 568 g/mol. The van der Waals surface area contributed by atoms with Crippen LogP contribution in [0, 0.1) is 11.3 Å². The minimum Gasteiger partial charge on any atom is -0.445 e. The van der Waals surface area contributed by atoms with Gasteiger partial charge in [0.25, 0.3) is 0 Å². The summed E-state index contributed by atoms with van der Waals surface area (Å²) >= 11 is 12.3. The van der Waals surface area contributed by atoms with Gasteiger partial charge in [-0.2, -0.15) is 0 Å². The third-order valence-corrected chi connectivity index (χ3v) is 6.58. The molecule has 208 valence electrons. The predicted octanol–water partition coefficient (Wildman–Crippen LogP) is 4.86. The Morgan fingerprint density at radius 2 is 1.79 bits per heavy atom. The molecule has 1 aliphatic rings. The van der Waals surface area contributed by atoms with E-state index in [4.69, 9.17) is 37.4 Å². The minimum atomic E-state index is -0.896. The van der Waals surface area contributed by atoms with Gasteiger partial charge in [-0.05, 0) is 63.8 Å². The normalized spacial score (nSPS) is 18.9. The van der Waals surface area contributed by atoms with E-state index in [1.165, 1.54) is 0 Å². The highest BCUT2D eigenvalue weighted by atomic mass is 35.5. The lowest BCUT2D eigenvalue weighted by Crippen LogP contribution is -2.51. The average Bonchev–Trinajstić information content (AvgIpc) is 3.33. The molecule has 38 heavy (non-hydrogen) atoms. The SMILES string of the molecule is CC(C)C[C@H]1C(=O)OC(C)N1[C@H](Cc1cncn1Cc1cc(Cl)cc(Cl)c1)C(=O)OCOC(=O)C(C)(C)C. The maximum absolute atomic E-state index is 13.4. The van der Waals surface area contributed by atoms with Crippen LogP contribution in [0.4, 0.5) is 0 Å². The van der Waals surface area contributed by atoms with E-state index in [9.17, 15) is 14.4 Å². The third-order valence-electron chi connectivity index (χ3n) is 6.15. The Hall–Kier alpha value is -2.62. The van der Waals surface area contributed by atoms with Crippen molar-refractivity contribution in [2.24, 2.45) is 11.3 Å². The Balaban J connectivity index is 1.87. The first-order valence-corrected chi connectivity index (χ1v) is 13.3. The van der Waals surface area contributed by atoms with E-state index >= 15 is 0 Å². The van der Waals surface area contributed by atoms with Crippen LogP contribution in [0.2, 0.25) is 10.0 Å². The van der Waals surface area contributed by atoms with Gasteiger partial charge in [0.1, 0.15) is 12.1 Å². The number of esters is 3. The second-order valence-corrected chi connectivity index (χ2v) is 11.8. The van der Waals surface area contributed by atoms with Crippen molar-refractivity contribution in [3.8, 4) is 0 Å². The lowest BCUT2D eigenvalue weighted by atomic mass is 9.98. The lowest BCUT2D eigenvalue weighted by molar-refractivity contribution is -0.177. The van der Waals surface area contributed by atoms with E-state index in [2.05, 4.69) is 4.98 Å². The monoisotopic (exact) mass is 567 g/mol. The van der Waals surface area contributed by atoms with Gasteiger partial charge >= 0.3 is 17.9 Å². The van der Waals surface area contributed by atoms with Crippen LogP contribution < -0.4 is 0 Å². The molecule has 1 aliphatic heterocycles. The zero-order valence-corrected chi connectivity index (χ0v) is 24.1. The lowest BCUT2D eigenvalue weighted by Gasteiger charge is -2.32. The summed E-state index contributed by atoms with van der Waals surface area (Å²) < 4.78 is 17.9. The number of carbonyl (C=O) groups is 3. The molecule has 0 N–H and O–H groups in total. The fourth-order valence-corrected chi connectivity index (χ4v) is 4.91. The van der Waals surface area contributed by atoms with E-state index < -0.39 is 42.5 Å². The van der Waals surface area contributed by atoms with E-state index in [1.807, 2.05) is 18.4 Å². The summed E-state index contributed by atoms with van der Waals surface area (Å²) in [6, 6.07) is 3.75. The number of nitrogens with zero attached hydrogens (tertiary/aromatic N) is 3. The zero-order valence-electron chi connectivity index (χ0n) is 22.6. The third kappa shape index (κ3) is 7.71. The molecule has 1 saturated heterocycles. The van der Waals surface area contributed by atoms with Crippen LogP contribution >= 0.6 is 23.2 Å². The number of aromatic nitrogens is 2. The fourth-order valence-electron chi connectivity index (χ4n) is 4.34. The highest BCUT2D eigenvalue weighted by molar-refractivity contribution is 6.34. The van der Waals surface area contributed by atoms with Gasteiger partial charge in [0, 0.05) is 34.9 Å². The standard InChI is InChI=1S/C27H35Cl2N3O6/c1-16(2)7-22-25(34)38-17(3)32(22)23(24(33)36-15-37-26(35)27(4,5)6)11-21-12-30-14-31(21)13-18-8-19(28)10-20(29)9-18/h8-10,12,14,16-17,22-23H,7,11,13,15H2,1-6H3/t17?,22-,23+/m0/s1. The Labute approximate surface area is 233 Å². The highest BCUT2D eigenvalue weighted by Gasteiger charge is 2.47. The number of carbonyl (C=O) groups excluding carboxylic acids is 3. The first-order chi connectivity index (χ1) is 17.8. The van der Waals surface area contributed by atoms with Gasteiger partial charge in [0.2, 0.25) is 6.79 Å². The molecule has 3 atom stereocenters. The molecular formula is C27H35Cl2N3O6. The molecule has 11 heteroatoms. The Morgan fingerprint density at radius 1 is 1.13 bits per heavy atom. The van der Waals surface area contributed by atoms with Gasteiger partial charge in [-0.1, -0.05) is 37.0 Å². The van der Waals surface area contributed by atoms with E-state index in [-0.39, 0.29) is 18.3 Å². The second kappa shape index (κ2) is 12.5. The number of imidazole rings is 1. The minimum absolute atomic E-state index is 0.177. The molecule has 0 spiro atoms. The largest absolute Gasteiger partial charge is 0.445 e. The van der Waals surface area contributed by atoms with Gasteiger partial charge in [-0.25, -0.2) is 9.88 Å². The van der Waals surface area contributed by atoms with Crippen molar-refractivity contribution >= 4 is 41.1 Å². The van der Waals surface area contributed by atoms with Crippen molar-refractivity contribution in [2.75, 3.05) is 6.79 Å². The van der Waals surface area contributed by atoms with Crippen molar-refractivity contribution in [1.29, 1.82) is 0 Å². The number of ether oxygens (including phenoxy) is 3. The molecule has 0 saturated carbocycles. The molecule has 2 aromatic rings. The van der Waals surface area contributed by atoms with Gasteiger partial charge in [0.15, 0.2) is 6.23 Å². The molecule has 1 aromatic heterocycles. The first-order valence-electron chi connectivity index (χ1n) is 12.5. The van der Waals surface area contributed by atoms with Gasteiger partial charge in [-0.3, -0.25) is 14.4 Å². The Bertz CT molecular complexity index is 1140. The van der Waals surface area contributed by atoms with E-state index in [0.717, 1.165) is 11.3 Å². The van der Waals surface area contributed by atoms with Crippen LogP contribution in [-0.2, 0) is 41.6 Å². The molecule has 1 fully saturated rings. The Kier molecular flexibility index (Phi) is 9.84. The predicted molar refractivity (Wildman–Crippen MR) is 142 cm³/mol. The van der Waals surface area contributed by atoms with Crippen molar-refractivity contribution in [1.82, 2.24) is 14.5 Å². The summed E-state index contributed by atoms with van der Waals surface area (Å²) in [5.41, 5.74) is 0.846. The molecule has 9 nitrogen and oxygen atoms in total.